The van der Waals surface area contributed by atoms with Crippen molar-refractivity contribution in [1.29, 1.82) is 0 Å². The van der Waals surface area contributed by atoms with Gasteiger partial charge in [-0.2, -0.15) is 0 Å². The normalized spacial score (nSPS) is 12.1. The lowest BCUT2D eigenvalue weighted by atomic mass is 10.1. The molecule has 0 bridgehead atoms. The minimum absolute atomic E-state index is 0.0590. The Hall–Kier alpha value is -1.10. The van der Waals surface area contributed by atoms with Crippen LogP contribution in [0.1, 0.15) is 104 Å². The van der Waals surface area contributed by atoms with Crippen molar-refractivity contribution in [1.82, 2.24) is 5.48 Å². The minimum Gasteiger partial charge on any atom is -0.370 e. The van der Waals surface area contributed by atoms with Gasteiger partial charge in [0.1, 0.15) is 0 Å². The number of hydrogen-bond acceptors (Lipinski definition) is 3. The van der Waals surface area contributed by atoms with E-state index in [0.717, 1.165) is 12.8 Å². The Balaban J connectivity index is 3.33. The second-order valence-electron chi connectivity index (χ2n) is 6.74. The van der Waals surface area contributed by atoms with Crippen LogP contribution in [0, 0.1) is 0 Å². The number of carbonyl (C=O) groups excluding carboxylic acids is 2. The van der Waals surface area contributed by atoms with Crippen molar-refractivity contribution >= 4 is 11.8 Å². The van der Waals surface area contributed by atoms with Gasteiger partial charge >= 0.3 is 0 Å². The molecule has 0 rings (SSSR count). The second-order valence-corrected chi connectivity index (χ2v) is 6.74. The molecule has 0 aromatic carbocycles. The van der Waals surface area contributed by atoms with E-state index in [1.807, 2.05) is 6.92 Å². The molecule has 5 heteroatoms. The summed E-state index contributed by atoms with van der Waals surface area (Å²) in [5.74, 6) is -0.358. The summed E-state index contributed by atoms with van der Waals surface area (Å²) in [4.78, 5) is 27.6. The van der Waals surface area contributed by atoms with Crippen molar-refractivity contribution in [3.63, 3.8) is 0 Å². The van der Waals surface area contributed by atoms with Crippen LogP contribution in [-0.2, 0) is 14.4 Å². The Bertz CT molecular complexity index is 322. The Morgan fingerprint density at radius 1 is 0.875 bits per heavy atom. The summed E-state index contributed by atoms with van der Waals surface area (Å²) >= 11 is 0. The highest BCUT2D eigenvalue weighted by molar-refractivity contribution is 5.74. The number of primary amides is 1. The fourth-order valence-electron chi connectivity index (χ4n) is 2.61. The Morgan fingerprint density at radius 3 is 1.96 bits per heavy atom. The number of nitrogens with two attached hydrogens (primary N) is 1. The van der Waals surface area contributed by atoms with E-state index in [1.54, 1.807) is 0 Å². The SMILES string of the molecule is CCCCCCCCCCCCC(=O)NOC(C)CCCC(N)=O. The lowest BCUT2D eigenvalue weighted by Crippen LogP contribution is -2.28. The van der Waals surface area contributed by atoms with Crippen molar-refractivity contribution in [3.8, 4) is 0 Å². The van der Waals surface area contributed by atoms with Crippen LogP contribution in [0.4, 0.5) is 0 Å². The zero-order valence-electron chi connectivity index (χ0n) is 15.8. The van der Waals surface area contributed by atoms with E-state index in [0.29, 0.717) is 25.7 Å². The average Bonchev–Trinajstić information content (AvgIpc) is 2.54. The Kier molecular flexibility index (Phi) is 16.0. The Labute approximate surface area is 148 Å². The number of unbranched alkanes of at least 4 members (excludes halogenated alkanes) is 9. The molecule has 3 N–H and O–H groups in total. The highest BCUT2D eigenvalue weighted by atomic mass is 16.7. The molecule has 142 valence electrons. The quantitative estimate of drug-likeness (QED) is 0.304. The number of rotatable bonds is 17. The molecule has 0 heterocycles. The predicted octanol–water partition coefficient (Wildman–Crippen LogP) is 4.39. The largest absolute Gasteiger partial charge is 0.370 e. The van der Waals surface area contributed by atoms with Gasteiger partial charge in [-0.25, -0.2) is 5.48 Å². The highest BCUT2D eigenvalue weighted by Crippen LogP contribution is 2.11. The van der Waals surface area contributed by atoms with Gasteiger partial charge in [-0.3, -0.25) is 14.4 Å². The summed E-state index contributed by atoms with van der Waals surface area (Å²) in [6.45, 7) is 4.12. The van der Waals surface area contributed by atoms with E-state index < -0.39 is 0 Å². The summed E-state index contributed by atoms with van der Waals surface area (Å²) in [6.07, 6.45) is 14.8. The van der Waals surface area contributed by atoms with Gasteiger partial charge < -0.3 is 5.73 Å². The van der Waals surface area contributed by atoms with Crippen molar-refractivity contribution in [2.75, 3.05) is 0 Å². The maximum atomic E-state index is 11.7. The number of hydrogen-bond donors (Lipinski definition) is 2. The molecule has 2 amide bonds. The smallest absolute Gasteiger partial charge is 0.243 e. The maximum absolute atomic E-state index is 11.7. The lowest BCUT2D eigenvalue weighted by molar-refractivity contribution is -0.138. The summed E-state index contributed by atoms with van der Waals surface area (Å²) < 4.78 is 0. The van der Waals surface area contributed by atoms with Crippen molar-refractivity contribution in [3.05, 3.63) is 0 Å². The molecule has 1 atom stereocenters. The zero-order chi connectivity index (χ0) is 18.0. The van der Waals surface area contributed by atoms with Crippen LogP contribution in [0.2, 0.25) is 0 Å². The van der Waals surface area contributed by atoms with Gasteiger partial charge in [0.2, 0.25) is 11.8 Å². The van der Waals surface area contributed by atoms with Crippen LogP contribution in [0.3, 0.4) is 0 Å². The predicted molar refractivity (Wildman–Crippen MR) is 98.2 cm³/mol. The van der Waals surface area contributed by atoms with Crippen LogP contribution in [0.5, 0.6) is 0 Å². The fourth-order valence-corrected chi connectivity index (χ4v) is 2.61. The van der Waals surface area contributed by atoms with Crippen LogP contribution in [-0.4, -0.2) is 17.9 Å². The third-order valence-corrected chi connectivity index (χ3v) is 4.17. The first-order valence-electron chi connectivity index (χ1n) is 9.79. The summed E-state index contributed by atoms with van der Waals surface area (Å²) in [5, 5.41) is 0. The number of amides is 2. The third kappa shape index (κ3) is 17.3. The minimum atomic E-state index is -0.299. The molecule has 5 nitrogen and oxygen atoms in total. The topological polar surface area (TPSA) is 81.4 Å². The van der Waals surface area contributed by atoms with E-state index in [2.05, 4.69) is 12.4 Å². The first-order chi connectivity index (χ1) is 11.6. The van der Waals surface area contributed by atoms with Crippen LogP contribution in [0.25, 0.3) is 0 Å². The molecular weight excluding hydrogens is 304 g/mol. The van der Waals surface area contributed by atoms with E-state index in [4.69, 9.17) is 10.6 Å². The highest BCUT2D eigenvalue weighted by Gasteiger charge is 2.07. The summed E-state index contributed by atoms with van der Waals surface area (Å²) in [6, 6.07) is 0. The van der Waals surface area contributed by atoms with Crippen molar-refractivity contribution < 1.29 is 14.4 Å². The van der Waals surface area contributed by atoms with Gasteiger partial charge in [-0.05, 0) is 26.2 Å². The molecule has 0 aliphatic rings. The fraction of sp³-hybridized carbons (Fsp3) is 0.895. The standard InChI is InChI=1S/C19H38N2O3/c1-3-4-5-6-7-8-9-10-11-12-16-19(23)21-24-17(2)14-13-15-18(20)22/h17H,3-16H2,1-2H3,(H2,20,22)(H,21,23). The molecule has 0 aromatic rings. The van der Waals surface area contributed by atoms with Crippen LogP contribution >= 0.6 is 0 Å². The van der Waals surface area contributed by atoms with E-state index in [9.17, 15) is 9.59 Å². The van der Waals surface area contributed by atoms with Gasteiger partial charge in [0, 0.05) is 12.8 Å². The second kappa shape index (κ2) is 16.7. The molecule has 0 spiro atoms. The van der Waals surface area contributed by atoms with Crippen molar-refractivity contribution in [2.24, 2.45) is 5.73 Å². The molecule has 24 heavy (non-hydrogen) atoms. The molecule has 0 fully saturated rings. The summed E-state index contributed by atoms with van der Waals surface area (Å²) in [7, 11) is 0. The number of nitrogens with one attached hydrogen (secondary N) is 1. The van der Waals surface area contributed by atoms with Gasteiger partial charge in [-0.1, -0.05) is 64.7 Å². The molecule has 1 unspecified atom stereocenters. The average molecular weight is 343 g/mol. The van der Waals surface area contributed by atoms with Crippen molar-refractivity contribution in [2.45, 2.75) is 110 Å². The Morgan fingerprint density at radius 2 is 1.42 bits per heavy atom. The lowest BCUT2D eigenvalue weighted by Gasteiger charge is -2.12. The van der Waals surface area contributed by atoms with Gasteiger partial charge in [-0.15, -0.1) is 0 Å². The molecule has 0 radical (unpaired) electrons. The van der Waals surface area contributed by atoms with Gasteiger partial charge in [0.25, 0.3) is 0 Å². The molecule has 0 aliphatic heterocycles. The molecule has 0 aromatic heterocycles. The molecule has 0 saturated carbocycles. The molecular formula is C19H38N2O3. The van der Waals surface area contributed by atoms with E-state index in [1.165, 1.54) is 51.4 Å². The first kappa shape index (κ1) is 22.9. The number of hydroxylamine groups is 1. The van der Waals surface area contributed by atoms with Crippen LogP contribution < -0.4 is 11.2 Å². The summed E-state index contributed by atoms with van der Waals surface area (Å²) in [5.41, 5.74) is 7.57. The monoisotopic (exact) mass is 342 g/mol. The van der Waals surface area contributed by atoms with E-state index in [-0.39, 0.29) is 17.9 Å². The molecule has 0 aliphatic carbocycles. The third-order valence-electron chi connectivity index (χ3n) is 4.17. The van der Waals surface area contributed by atoms with Crippen LogP contribution in [0.15, 0.2) is 0 Å². The first-order valence-corrected chi connectivity index (χ1v) is 9.79. The maximum Gasteiger partial charge on any atom is 0.243 e. The van der Waals surface area contributed by atoms with Gasteiger partial charge in [0.05, 0.1) is 6.10 Å². The molecule has 0 saturated heterocycles. The number of carbonyl (C=O) groups is 2. The van der Waals surface area contributed by atoms with E-state index >= 15 is 0 Å². The zero-order valence-corrected chi connectivity index (χ0v) is 15.8. The van der Waals surface area contributed by atoms with Gasteiger partial charge in [0.15, 0.2) is 0 Å².